The molecule has 0 spiro atoms. The van der Waals surface area contributed by atoms with Crippen LogP contribution in [0, 0.1) is 0 Å². The molecular weight excluding hydrogens is 254 g/mol. The number of rotatable bonds is 3. The predicted molar refractivity (Wildman–Crippen MR) is 78.0 cm³/mol. The van der Waals surface area contributed by atoms with E-state index >= 15 is 0 Å². The lowest BCUT2D eigenvalue weighted by molar-refractivity contribution is 0.139. The zero-order valence-corrected chi connectivity index (χ0v) is 12.0. The second kappa shape index (κ2) is 5.38. The Morgan fingerprint density at radius 3 is 3.00 bits per heavy atom. The molecule has 3 rings (SSSR count). The SMILES string of the molecule is CC1CN(CCn2nc3ccccn3c2=O)C(C)CN1. The molecule has 1 aliphatic heterocycles. The number of piperazine rings is 1. The van der Waals surface area contributed by atoms with Crippen molar-refractivity contribution < 1.29 is 0 Å². The van der Waals surface area contributed by atoms with Crippen molar-refractivity contribution in [2.24, 2.45) is 0 Å². The van der Waals surface area contributed by atoms with Gasteiger partial charge in [0.15, 0.2) is 5.65 Å². The zero-order chi connectivity index (χ0) is 14.1. The Kier molecular flexibility index (Phi) is 3.58. The molecule has 2 aromatic heterocycles. The van der Waals surface area contributed by atoms with Crippen LogP contribution in [0.25, 0.3) is 5.65 Å². The van der Waals surface area contributed by atoms with E-state index in [-0.39, 0.29) is 5.69 Å². The largest absolute Gasteiger partial charge is 0.350 e. The standard InChI is InChI=1S/C14H21N5O/c1-11-10-17(12(2)9-15-11)7-8-19-14(20)18-6-4-3-5-13(18)16-19/h3-6,11-12,15H,7-10H2,1-2H3. The smallest absolute Gasteiger partial charge is 0.311 e. The van der Waals surface area contributed by atoms with Gasteiger partial charge >= 0.3 is 5.69 Å². The molecule has 3 heterocycles. The lowest BCUT2D eigenvalue weighted by Crippen LogP contribution is -2.55. The predicted octanol–water partition coefficient (Wildman–Crippen LogP) is 0.178. The van der Waals surface area contributed by atoms with E-state index in [9.17, 15) is 4.79 Å². The normalized spacial score (nSPS) is 24.3. The van der Waals surface area contributed by atoms with Crippen LogP contribution >= 0.6 is 0 Å². The third-order valence-corrected chi connectivity index (χ3v) is 3.98. The van der Waals surface area contributed by atoms with Gasteiger partial charge in [-0.05, 0) is 26.0 Å². The molecule has 1 aliphatic rings. The molecule has 0 amide bonds. The Labute approximate surface area is 118 Å². The van der Waals surface area contributed by atoms with Crippen LogP contribution in [0.5, 0.6) is 0 Å². The molecular formula is C14H21N5O. The highest BCUT2D eigenvalue weighted by molar-refractivity contribution is 5.35. The van der Waals surface area contributed by atoms with Crippen LogP contribution < -0.4 is 11.0 Å². The molecule has 1 saturated heterocycles. The van der Waals surface area contributed by atoms with Crippen molar-refractivity contribution in [3.63, 3.8) is 0 Å². The van der Waals surface area contributed by atoms with Crippen LogP contribution in [-0.4, -0.2) is 50.8 Å². The number of nitrogens with zero attached hydrogens (tertiary/aromatic N) is 4. The van der Waals surface area contributed by atoms with E-state index in [1.54, 1.807) is 15.3 Å². The van der Waals surface area contributed by atoms with Gasteiger partial charge in [0.25, 0.3) is 0 Å². The van der Waals surface area contributed by atoms with Crippen LogP contribution in [0.2, 0.25) is 0 Å². The highest BCUT2D eigenvalue weighted by atomic mass is 16.2. The van der Waals surface area contributed by atoms with Gasteiger partial charge in [-0.1, -0.05) is 6.07 Å². The van der Waals surface area contributed by atoms with Gasteiger partial charge in [0.05, 0.1) is 6.54 Å². The van der Waals surface area contributed by atoms with Gasteiger partial charge in [-0.2, -0.15) is 0 Å². The van der Waals surface area contributed by atoms with Gasteiger partial charge < -0.3 is 5.32 Å². The first-order valence-corrected chi connectivity index (χ1v) is 7.17. The molecule has 0 aromatic carbocycles. The van der Waals surface area contributed by atoms with Gasteiger partial charge in [-0.3, -0.25) is 9.30 Å². The summed E-state index contributed by atoms with van der Waals surface area (Å²) in [6, 6.07) is 6.60. The van der Waals surface area contributed by atoms with E-state index in [4.69, 9.17) is 0 Å². The van der Waals surface area contributed by atoms with Crippen molar-refractivity contribution in [1.82, 2.24) is 24.4 Å². The highest BCUT2D eigenvalue weighted by Crippen LogP contribution is 2.06. The highest BCUT2D eigenvalue weighted by Gasteiger charge is 2.22. The lowest BCUT2D eigenvalue weighted by Gasteiger charge is -2.37. The summed E-state index contributed by atoms with van der Waals surface area (Å²) in [7, 11) is 0. The Hall–Kier alpha value is -1.66. The molecule has 0 saturated carbocycles. The van der Waals surface area contributed by atoms with Crippen LogP contribution in [0.4, 0.5) is 0 Å². The van der Waals surface area contributed by atoms with Crippen LogP contribution in [0.1, 0.15) is 13.8 Å². The van der Waals surface area contributed by atoms with Crippen molar-refractivity contribution in [3.8, 4) is 0 Å². The van der Waals surface area contributed by atoms with E-state index in [1.165, 1.54) is 0 Å². The summed E-state index contributed by atoms with van der Waals surface area (Å²) in [6.45, 7) is 7.92. The maximum Gasteiger partial charge on any atom is 0.350 e. The van der Waals surface area contributed by atoms with Crippen molar-refractivity contribution in [2.75, 3.05) is 19.6 Å². The molecule has 2 atom stereocenters. The average molecular weight is 275 g/mol. The van der Waals surface area contributed by atoms with E-state index < -0.39 is 0 Å². The summed E-state index contributed by atoms with van der Waals surface area (Å²) in [6.07, 6.45) is 1.76. The number of aromatic nitrogens is 3. The summed E-state index contributed by atoms with van der Waals surface area (Å²) in [4.78, 5) is 14.6. The molecule has 1 N–H and O–H groups in total. The Morgan fingerprint density at radius 2 is 2.20 bits per heavy atom. The molecule has 0 radical (unpaired) electrons. The van der Waals surface area contributed by atoms with Crippen molar-refractivity contribution in [1.29, 1.82) is 0 Å². The number of fused-ring (bicyclic) bond motifs is 1. The molecule has 2 aromatic rings. The third-order valence-electron chi connectivity index (χ3n) is 3.98. The first-order valence-electron chi connectivity index (χ1n) is 7.17. The first kappa shape index (κ1) is 13.3. The molecule has 20 heavy (non-hydrogen) atoms. The van der Waals surface area contributed by atoms with Crippen LogP contribution in [0.15, 0.2) is 29.2 Å². The van der Waals surface area contributed by atoms with Gasteiger partial charge in [-0.25, -0.2) is 9.48 Å². The van der Waals surface area contributed by atoms with E-state index in [1.807, 2.05) is 18.2 Å². The Bertz CT molecular complexity index is 646. The minimum atomic E-state index is -0.0589. The fourth-order valence-electron chi connectivity index (χ4n) is 2.75. The third kappa shape index (κ3) is 2.48. The van der Waals surface area contributed by atoms with E-state index in [0.717, 1.165) is 19.6 Å². The first-order chi connectivity index (χ1) is 9.65. The van der Waals surface area contributed by atoms with Gasteiger partial charge in [0.1, 0.15) is 0 Å². The van der Waals surface area contributed by atoms with Crippen LogP contribution in [-0.2, 0) is 6.54 Å². The molecule has 0 bridgehead atoms. The van der Waals surface area contributed by atoms with Gasteiger partial charge in [0.2, 0.25) is 0 Å². The summed E-state index contributed by atoms with van der Waals surface area (Å²) >= 11 is 0. The van der Waals surface area contributed by atoms with Crippen molar-refractivity contribution in [2.45, 2.75) is 32.5 Å². The monoisotopic (exact) mass is 275 g/mol. The fraction of sp³-hybridized carbons (Fsp3) is 0.571. The molecule has 6 heteroatoms. The number of nitrogens with one attached hydrogen (secondary N) is 1. The van der Waals surface area contributed by atoms with E-state index in [2.05, 4.69) is 29.2 Å². The Morgan fingerprint density at radius 1 is 1.35 bits per heavy atom. The summed E-state index contributed by atoms with van der Waals surface area (Å²) < 4.78 is 3.15. The van der Waals surface area contributed by atoms with Crippen molar-refractivity contribution in [3.05, 3.63) is 34.9 Å². The maximum absolute atomic E-state index is 12.2. The Balaban J connectivity index is 1.73. The molecule has 108 valence electrons. The second-order valence-electron chi connectivity index (χ2n) is 5.59. The number of pyridine rings is 1. The quantitative estimate of drug-likeness (QED) is 0.868. The second-order valence-corrected chi connectivity index (χ2v) is 5.59. The van der Waals surface area contributed by atoms with Crippen LogP contribution in [0.3, 0.4) is 0 Å². The molecule has 0 aliphatic carbocycles. The summed E-state index contributed by atoms with van der Waals surface area (Å²) in [5.41, 5.74) is 0.649. The molecule has 6 nitrogen and oxygen atoms in total. The maximum atomic E-state index is 12.2. The number of hydrogen-bond acceptors (Lipinski definition) is 4. The fourth-order valence-corrected chi connectivity index (χ4v) is 2.75. The topological polar surface area (TPSA) is 54.6 Å². The van der Waals surface area contributed by atoms with Gasteiger partial charge in [-0.15, -0.1) is 5.10 Å². The van der Waals surface area contributed by atoms with E-state index in [0.29, 0.717) is 24.3 Å². The summed E-state index contributed by atoms with van der Waals surface area (Å²) in [5.74, 6) is 0. The minimum Gasteiger partial charge on any atom is -0.311 e. The number of hydrogen-bond donors (Lipinski definition) is 1. The molecule has 1 fully saturated rings. The molecule has 2 unspecified atom stereocenters. The minimum absolute atomic E-state index is 0.0589. The lowest BCUT2D eigenvalue weighted by atomic mass is 10.1. The van der Waals surface area contributed by atoms with Crippen molar-refractivity contribution >= 4 is 5.65 Å². The summed E-state index contributed by atoms with van der Waals surface area (Å²) in [5, 5.41) is 7.83. The van der Waals surface area contributed by atoms with Gasteiger partial charge in [0, 0.05) is 37.9 Å². The average Bonchev–Trinajstić information content (AvgIpc) is 2.77. The zero-order valence-electron chi connectivity index (χ0n) is 12.0.